The van der Waals surface area contributed by atoms with E-state index >= 15 is 0 Å². The Morgan fingerprint density at radius 1 is 1.06 bits per heavy atom. The Labute approximate surface area is 183 Å². The van der Waals surface area contributed by atoms with Crippen LogP contribution in [0.4, 0.5) is 0 Å². The number of hydrogen-bond acceptors (Lipinski definition) is 5. The van der Waals surface area contributed by atoms with E-state index in [0.29, 0.717) is 36.6 Å². The van der Waals surface area contributed by atoms with Crippen molar-refractivity contribution in [2.75, 3.05) is 26.8 Å². The molecule has 0 spiro atoms. The number of nitrogens with zero attached hydrogens (tertiary/aromatic N) is 1. The van der Waals surface area contributed by atoms with Crippen molar-refractivity contribution in [3.63, 3.8) is 0 Å². The van der Waals surface area contributed by atoms with Crippen LogP contribution in [0.2, 0.25) is 0 Å². The summed E-state index contributed by atoms with van der Waals surface area (Å²) in [7, 11) is -2.29. The van der Waals surface area contributed by atoms with E-state index in [2.05, 4.69) is 4.72 Å². The predicted molar refractivity (Wildman–Crippen MR) is 117 cm³/mol. The smallest absolute Gasteiger partial charge is 0.254 e. The molecule has 0 bridgehead atoms. The second-order valence-corrected chi connectivity index (χ2v) is 9.89. The zero-order valence-corrected chi connectivity index (χ0v) is 18.9. The van der Waals surface area contributed by atoms with Gasteiger partial charge in [-0.25, -0.2) is 13.1 Å². The van der Waals surface area contributed by atoms with Gasteiger partial charge in [0.15, 0.2) is 11.5 Å². The van der Waals surface area contributed by atoms with Gasteiger partial charge in [0.25, 0.3) is 5.91 Å². The molecule has 2 aromatic rings. The highest BCUT2D eigenvalue weighted by Crippen LogP contribution is 2.38. The Morgan fingerprint density at radius 2 is 1.81 bits per heavy atom. The lowest BCUT2D eigenvalue weighted by molar-refractivity contribution is 0.0735. The van der Waals surface area contributed by atoms with Crippen LogP contribution in [0.3, 0.4) is 0 Å². The van der Waals surface area contributed by atoms with Crippen LogP contribution in [-0.4, -0.2) is 46.0 Å². The van der Waals surface area contributed by atoms with Crippen molar-refractivity contribution in [3.05, 3.63) is 52.6 Å². The highest BCUT2D eigenvalue weighted by molar-refractivity contribution is 7.89. The lowest BCUT2D eigenvalue weighted by Crippen LogP contribution is -2.31. The molecular weight excluding hydrogens is 416 g/mol. The second kappa shape index (κ2) is 8.51. The maximum Gasteiger partial charge on any atom is 0.254 e. The molecule has 1 fully saturated rings. The fourth-order valence-corrected chi connectivity index (χ4v) is 5.31. The number of likely N-dealkylation sites (tertiary alicyclic amines) is 1. The standard InChI is InChI=1S/C23H28N2O5S/c1-15-12-18(14-22(16(15)2)31(27,28)24-3)23(26)25-9-4-6-19(25)17-7-8-20-21(13-17)30-11-5-10-29-20/h7-8,12-14,19,24H,4-6,9-11H2,1-3H3/t19-/m0/s1. The van der Waals surface area contributed by atoms with Crippen molar-refractivity contribution in [2.24, 2.45) is 0 Å². The summed E-state index contributed by atoms with van der Waals surface area (Å²) in [6.45, 7) is 5.44. The number of benzene rings is 2. The average Bonchev–Trinajstić information content (AvgIpc) is 3.13. The molecule has 4 rings (SSSR count). The normalized spacial score (nSPS) is 18.7. The van der Waals surface area contributed by atoms with Gasteiger partial charge in [0.05, 0.1) is 24.2 Å². The molecule has 2 aromatic carbocycles. The van der Waals surface area contributed by atoms with Crippen molar-refractivity contribution >= 4 is 15.9 Å². The van der Waals surface area contributed by atoms with Gasteiger partial charge in [-0.15, -0.1) is 0 Å². The van der Waals surface area contributed by atoms with Gasteiger partial charge >= 0.3 is 0 Å². The second-order valence-electron chi connectivity index (χ2n) is 8.04. The summed E-state index contributed by atoms with van der Waals surface area (Å²) < 4.78 is 38.8. The van der Waals surface area contributed by atoms with Crippen LogP contribution < -0.4 is 14.2 Å². The molecule has 1 N–H and O–H groups in total. The molecule has 0 saturated carbocycles. The van der Waals surface area contributed by atoms with E-state index in [1.807, 2.05) is 30.0 Å². The lowest BCUT2D eigenvalue weighted by Gasteiger charge is -2.26. The zero-order chi connectivity index (χ0) is 22.2. The molecule has 0 radical (unpaired) electrons. The van der Waals surface area contributed by atoms with Crippen molar-refractivity contribution < 1.29 is 22.7 Å². The van der Waals surface area contributed by atoms with Crippen molar-refractivity contribution in [1.82, 2.24) is 9.62 Å². The van der Waals surface area contributed by atoms with E-state index in [9.17, 15) is 13.2 Å². The van der Waals surface area contributed by atoms with Crippen LogP contribution in [-0.2, 0) is 10.0 Å². The number of hydrogen-bond donors (Lipinski definition) is 1. The van der Waals surface area contributed by atoms with Crippen LogP contribution in [0.1, 0.15) is 52.4 Å². The molecule has 2 aliphatic rings. The molecule has 2 heterocycles. The summed E-state index contributed by atoms with van der Waals surface area (Å²) in [6.07, 6.45) is 2.57. The molecule has 0 aliphatic carbocycles. The first-order chi connectivity index (χ1) is 14.8. The number of fused-ring (bicyclic) bond motifs is 1. The van der Waals surface area contributed by atoms with Crippen LogP contribution in [0.5, 0.6) is 11.5 Å². The Hall–Kier alpha value is -2.58. The summed E-state index contributed by atoms with van der Waals surface area (Å²) in [4.78, 5) is 15.4. The summed E-state index contributed by atoms with van der Waals surface area (Å²) >= 11 is 0. The number of ether oxygens (including phenoxy) is 2. The van der Waals surface area contributed by atoms with Crippen LogP contribution in [0.15, 0.2) is 35.2 Å². The topological polar surface area (TPSA) is 84.9 Å². The first-order valence-electron chi connectivity index (χ1n) is 10.6. The average molecular weight is 445 g/mol. The molecule has 0 unspecified atom stereocenters. The number of carbonyl (C=O) groups is 1. The first kappa shape index (κ1) is 21.6. The number of rotatable bonds is 4. The SMILES string of the molecule is CNS(=O)(=O)c1cc(C(=O)N2CCC[C@H]2c2ccc3c(c2)OCCCO3)cc(C)c1C. The lowest BCUT2D eigenvalue weighted by atomic mass is 10.0. The van der Waals surface area contributed by atoms with Crippen LogP contribution in [0, 0.1) is 13.8 Å². The van der Waals surface area contributed by atoms with Gasteiger partial charge in [0.1, 0.15) is 0 Å². The Morgan fingerprint density at radius 3 is 2.55 bits per heavy atom. The summed E-state index contributed by atoms with van der Waals surface area (Å²) in [5.41, 5.74) is 2.80. The molecular formula is C23H28N2O5S. The third-order valence-corrected chi connectivity index (χ3v) is 7.64. The number of sulfonamides is 1. The van der Waals surface area contributed by atoms with E-state index in [-0.39, 0.29) is 16.8 Å². The Kier molecular flexibility index (Phi) is 5.94. The van der Waals surface area contributed by atoms with Gasteiger partial charge in [0, 0.05) is 18.5 Å². The molecule has 8 heteroatoms. The van der Waals surface area contributed by atoms with Gasteiger partial charge in [0.2, 0.25) is 10.0 Å². The molecule has 1 saturated heterocycles. The third-order valence-electron chi connectivity index (χ3n) is 6.09. The highest BCUT2D eigenvalue weighted by Gasteiger charge is 2.32. The van der Waals surface area contributed by atoms with Gasteiger partial charge in [-0.05, 0) is 74.7 Å². The maximum absolute atomic E-state index is 13.5. The molecule has 1 atom stereocenters. The molecule has 31 heavy (non-hydrogen) atoms. The minimum atomic E-state index is -3.66. The largest absolute Gasteiger partial charge is 0.490 e. The minimum absolute atomic E-state index is 0.0874. The summed E-state index contributed by atoms with van der Waals surface area (Å²) in [6, 6.07) is 9.03. The predicted octanol–water partition coefficient (Wildman–Crippen LogP) is 3.35. The molecule has 2 aliphatic heterocycles. The zero-order valence-electron chi connectivity index (χ0n) is 18.1. The van der Waals surface area contributed by atoms with Gasteiger partial charge in [-0.2, -0.15) is 0 Å². The fourth-order valence-electron chi connectivity index (χ4n) is 4.25. The monoisotopic (exact) mass is 444 g/mol. The van der Waals surface area contributed by atoms with Crippen molar-refractivity contribution in [3.8, 4) is 11.5 Å². The number of nitrogens with one attached hydrogen (secondary N) is 1. The van der Waals surface area contributed by atoms with Crippen LogP contribution in [0.25, 0.3) is 0 Å². The highest BCUT2D eigenvalue weighted by atomic mass is 32.2. The molecule has 0 aromatic heterocycles. The van der Waals surface area contributed by atoms with Crippen molar-refractivity contribution in [1.29, 1.82) is 0 Å². The van der Waals surface area contributed by atoms with Crippen molar-refractivity contribution in [2.45, 2.75) is 44.0 Å². The molecule has 166 valence electrons. The van der Waals surface area contributed by atoms with Gasteiger partial charge in [-0.3, -0.25) is 4.79 Å². The number of aryl methyl sites for hydroxylation is 1. The number of amides is 1. The first-order valence-corrected chi connectivity index (χ1v) is 12.1. The summed E-state index contributed by atoms with van der Waals surface area (Å²) in [5.74, 6) is 1.28. The van der Waals surface area contributed by atoms with Crippen LogP contribution >= 0.6 is 0 Å². The molecule has 7 nitrogen and oxygen atoms in total. The summed E-state index contributed by atoms with van der Waals surface area (Å²) in [5, 5.41) is 0. The fraction of sp³-hybridized carbons (Fsp3) is 0.435. The van der Waals surface area contributed by atoms with E-state index in [4.69, 9.17) is 9.47 Å². The maximum atomic E-state index is 13.5. The number of carbonyl (C=O) groups excluding carboxylic acids is 1. The molecule has 1 amide bonds. The van der Waals surface area contributed by atoms with E-state index in [1.54, 1.807) is 13.0 Å². The van der Waals surface area contributed by atoms with Gasteiger partial charge < -0.3 is 14.4 Å². The van der Waals surface area contributed by atoms with E-state index in [0.717, 1.165) is 36.1 Å². The minimum Gasteiger partial charge on any atom is -0.490 e. The Bertz CT molecular complexity index is 1110. The third kappa shape index (κ3) is 4.14. The Balaban J connectivity index is 1.67. The van der Waals surface area contributed by atoms with Gasteiger partial charge in [-0.1, -0.05) is 6.07 Å². The van der Waals surface area contributed by atoms with E-state index < -0.39 is 10.0 Å². The van der Waals surface area contributed by atoms with E-state index in [1.165, 1.54) is 13.1 Å². The quantitative estimate of drug-likeness (QED) is 0.782.